The van der Waals surface area contributed by atoms with E-state index in [4.69, 9.17) is 13.9 Å². The highest BCUT2D eigenvalue weighted by Crippen LogP contribution is 2.22. The van der Waals surface area contributed by atoms with Crippen molar-refractivity contribution in [3.63, 3.8) is 0 Å². The van der Waals surface area contributed by atoms with E-state index < -0.39 is 17.7 Å². The third-order valence-electron chi connectivity index (χ3n) is 4.60. The van der Waals surface area contributed by atoms with Crippen molar-refractivity contribution in [1.82, 2.24) is 5.32 Å². The Balaban J connectivity index is 1.53. The summed E-state index contributed by atoms with van der Waals surface area (Å²) in [6, 6.07) is 15.3. The lowest BCUT2D eigenvalue weighted by atomic mass is 10.1. The van der Waals surface area contributed by atoms with E-state index in [1.165, 1.54) is 12.1 Å². The predicted molar refractivity (Wildman–Crippen MR) is 121 cm³/mol. The molecule has 0 saturated carbocycles. The fraction of sp³-hybridized carbons (Fsp3) is 0.250. The highest BCUT2D eigenvalue weighted by molar-refractivity contribution is 5.90. The Hall–Kier alpha value is -4.14. The number of esters is 1. The summed E-state index contributed by atoms with van der Waals surface area (Å²) in [6.45, 7) is 1.92. The molecular formula is C24H24N2O7. The molecule has 0 unspecified atom stereocenters. The summed E-state index contributed by atoms with van der Waals surface area (Å²) in [5, 5.41) is 5.77. The maximum absolute atomic E-state index is 12.1. The molecule has 0 bridgehead atoms. The van der Waals surface area contributed by atoms with E-state index >= 15 is 0 Å². The molecule has 0 aliphatic rings. The van der Waals surface area contributed by atoms with Crippen LogP contribution in [0.3, 0.4) is 0 Å². The second-order valence-electron chi connectivity index (χ2n) is 7.07. The number of anilines is 1. The van der Waals surface area contributed by atoms with Gasteiger partial charge in [0, 0.05) is 35.3 Å². The molecule has 33 heavy (non-hydrogen) atoms. The van der Waals surface area contributed by atoms with Crippen LogP contribution in [0, 0.1) is 0 Å². The Morgan fingerprint density at radius 3 is 2.55 bits per heavy atom. The molecule has 1 heterocycles. The Bertz CT molecular complexity index is 1190. The van der Waals surface area contributed by atoms with Crippen molar-refractivity contribution < 1.29 is 28.3 Å². The van der Waals surface area contributed by atoms with Crippen molar-refractivity contribution in [3.05, 3.63) is 76.1 Å². The summed E-state index contributed by atoms with van der Waals surface area (Å²) in [6.07, 6.45) is -0.400. The van der Waals surface area contributed by atoms with Gasteiger partial charge in [-0.25, -0.2) is 9.59 Å². The molecule has 2 aromatic carbocycles. The lowest BCUT2D eigenvalue weighted by Gasteiger charge is -2.10. The van der Waals surface area contributed by atoms with Crippen LogP contribution in [0.2, 0.25) is 0 Å². The van der Waals surface area contributed by atoms with Gasteiger partial charge in [-0.3, -0.25) is 14.9 Å². The molecule has 0 fully saturated rings. The van der Waals surface area contributed by atoms with Crippen molar-refractivity contribution in [3.8, 4) is 0 Å². The molecule has 0 radical (unpaired) electrons. The SMILES string of the molecule is CCOC(=O)Nc1ccc2c(COC(=O)CCNC(=O)Cc3ccccc3)cc(=O)oc2c1. The fourth-order valence-electron chi connectivity index (χ4n) is 3.09. The van der Waals surface area contributed by atoms with Crippen LogP contribution in [0.15, 0.2) is 63.8 Å². The van der Waals surface area contributed by atoms with Crippen molar-refractivity contribution in [2.24, 2.45) is 0 Å². The van der Waals surface area contributed by atoms with E-state index in [1.54, 1.807) is 19.1 Å². The molecule has 0 aliphatic carbocycles. The van der Waals surface area contributed by atoms with Crippen LogP contribution < -0.4 is 16.3 Å². The van der Waals surface area contributed by atoms with Gasteiger partial charge in [-0.2, -0.15) is 0 Å². The van der Waals surface area contributed by atoms with Gasteiger partial charge in [0.1, 0.15) is 12.2 Å². The number of fused-ring (bicyclic) bond motifs is 1. The molecule has 0 aliphatic heterocycles. The quantitative estimate of drug-likeness (QED) is 0.377. The van der Waals surface area contributed by atoms with Gasteiger partial charge in [-0.15, -0.1) is 0 Å². The number of hydrogen-bond acceptors (Lipinski definition) is 7. The number of carbonyl (C=O) groups is 3. The zero-order valence-electron chi connectivity index (χ0n) is 18.1. The third-order valence-corrected chi connectivity index (χ3v) is 4.60. The number of ether oxygens (including phenoxy) is 2. The molecule has 3 aromatic rings. The highest BCUT2D eigenvalue weighted by Gasteiger charge is 2.11. The van der Waals surface area contributed by atoms with E-state index in [2.05, 4.69) is 10.6 Å². The maximum atomic E-state index is 12.1. The number of rotatable bonds is 9. The molecule has 9 heteroatoms. The Morgan fingerprint density at radius 2 is 1.79 bits per heavy atom. The fourth-order valence-corrected chi connectivity index (χ4v) is 3.09. The number of hydrogen-bond donors (Lipinski definition) is 2. The third kappa shape index (κ3) is 7.20. The average molecular weight is 452 g/mol. The topological polar surface area (TPSA) is 124 Å². The molecule has 0 atom stereocenters. The van der Waals surface area contributed by atoms with Crippen LogP contribution in [0.5, 0.6) is 0 Å². The Kier molecular flexibility index (Phi) is 8.18. The van der Waals surface area contributed by atoms with E-state index in [9.17, 15) is 19.2 Å². The first kappa shape index (κ1) is 23.5. The number of carbonyl (C=O) groups excluding carboxylic acids is 3. The van der Waals surface area contributed by atoms with Crippen LogP contribution in [-0.2, 0) is 32.1 Å². The van der Waals surface area contributed by atoms with Gasteiger partial charge in [0.25, 0.3) is 0 Å². The van der Waals surface area contributed by atoms with E-state index in [0.29, 0.717) is 16.6 Å². The van der Waals surface area contributed by atoms with Crippen LogP contribution in [0.25, 0.3) is 11.0 Å². The first-order valence-electron chi connectivity index (χ1n) is 10.4. The molecule has 2 N–H and O–H groups in total. The summed E-state index contributed by atoms with van der Waals surface area (Å²) in [5.41, 5.74) is 1.36. The zero-order valence-corrected chi connectivity index (χ0v) is 18.1. The molecule has 0 saturated heterocycles. The predicted octanol–water partition coefficient (Wildman–Crippen LogP) is 3.15. The Morgan fingerprint density at radius 1 is 1.00 bits per heavy atom. The highest BCUT2D eigenvalue weighted by atomic mass is 16.5. The van der Waals surface area contributed by atoms with E-state index in [1.807, 2.05) is 30.3 Å². The van der Waals surface area contributed by atoms with Gasteiger partial charge >= 0.3 is 17.7 Å². The van der Waals surface area contributed by atoms with Gasteiger partial charge in [-0.05, 0) is 24.6 Å². The van der Waals surface area contributed by atoms with Gasteiger partial charge < -0.3 is 19.2 Å². The molecule has 172 valence electrons. The monoisotopic (exact) mass is 452 g/mol. The minimum atomic E-state index is -0.625. The van der Waals surface area contributed by atoms with E-state index in [0.717, 1.165) is 5.56 Å². The van der Waals surface area contributed by atoms with Crippen LogP contribution in [0.4, 0.5) is 10.5 Å². The summed E-state index contributed by atoms with van der Waals surface area (Å²) in [4.78, 5) is 47.5. The zero-order chi connectivity index (χ0) is 23.6. The number of nitrogens with one attached hydrogen (secondary N) is 2. The van der Waals surface area contributed by atoms with Gasteiger partial charge in [0.05, 0.1) is 19.4 Å². The summed E-state index contributed by atoms with van der Waals surface area (Å²) < 4.78 is 15.3. The maximum Gasteiger partial charge on any atom is 0.411 e. The smallest absolute Gasteiger partial charge is 0.411 e. The van der Waals surface area contributed by atoms with Gasteiger partial charge in [0.2, 0.25) is 5.91 Å². The molecule has 0 spiro atoms. The van der Waals surface area contributed by atoms with Crippen LogP contribution in [-0.4, -0.2) is 31.1 Å². The largest absolute Gasteiger partial charge is 0.461 e. The van der Waals surface area contributed by atoms with E-state index in [-0.39, 0.29) is 44.1 Å². The van der Waals surface area contributed by atoms with Crippen LogP contribution >= 0.6 is 0 Å². The summed E-state index contributed by atoms with van der Waals surface area (Å²) in [7, 11) is 0. The van der Waals surface area contributed by atoms with Crippen molar-refractivity contribution in [2.75, 3.05) is 18.5 Å². The van der Waals surface area contributed by atoms with Crippen molar-refractivity contribution >= 4 is 34.6 Å². The van der Waals surface area contributed by atoms with Crippen molar-refractivity contribution in [2.45, 2.75) is 26.4 Å². The molecule has 1 aromatic heterocycles. The first-order chi connectivity index (χ1) is 15.9. The normalized spacial score (nSPS) is 10.5. The second kappa shape index (κ2) is 11.5. The summed E-state index contributed by atoms with van der Waals surface area (Å²) in [5.74, 6) is -0.704. The molecular weight excluding hydrogens is 428 g/mol. The standard InChI is InChI=1S/C24H24N2O7/c1-2-31-24(30)26-18-8-9-19-17(13-23(29)33-20(19)14-18)15-32-22(28)10-11-25-21(27)12-16-6-4-3-5-7-16/h3-9,13-14H,2,10-12,15H2,1H3,(H,25,27)(H,26,30). The minimum absolute atomic E-state index is 0.00644. The van der Waals surface area contributed by atoms with Gasteiger partial charge in [-0.1, -0.05) is 30.3 Å². The van der Waals surface area contributed by atoms with Gasteiger partial charge in [0.15, 0.2) is 0 Å². The minimum Gasteiger partial charge on any atom is -0.461 e. The van der Waals surface area contributed by atoms with Crippen molar-refractivity contribution in [1.29, 1.82) is 0 Å². The number of benzene rings is 2. The first-order valence-corrected chi connectivity index (χ1v) is 10.4. The number of amides is 2. The lowest BCUT2D eigenvalue weighted by Crippen LogP contribution is -2.27. The average Bonchev–Trinajstić information content (AvgIpc) is 2.78. The lowest BCUT2D eigenvalue weighted by molar-refractivity contribution is -0.144. The molecule has 9 nitrogen and oxygen atoms in total. The van der Waals surface area contributed by atoms with Crippen LogP contribution in [0.1, 0.15) is 24.5 Å². The molecule has 2 amide bonds. The second-order valence-corrected chi connectivity index (χ2v) is 7.07. The molecule has 3 rings (SSSR count). The Labute approximate surface area is 189 Å². The summed E-state index contributed by atoms with van der Waals surface area (Å²) >= 11 is 0.